The van der Waals surface area contributed by atoms with Crippen LogP contribution in [0.2, 0.25) is 0 Å². The summed E-state index contributed by atoms with van der Waals surface area (Å²) in [7, 11) is -4.41. The van der Waals surface area contributed by atoms with Crippen LogP contribution in [0.25, 0.3) is 0 Å². The third-order valence-corrected chi connectivity index (χ3v) is 6.23. The van der Waals surface area contributed by atoms with Gasteiger partial charge in [-0.3, -0.25) is 13.9 Å². The predicted octanol–water partition coefficient (Wildman–Crippen LogP) is 2.50. The standard InChI is InChI=1S/C19H31N2O6P/c1-14(2)18(21-17(22)12-11-15-8-4-3-5-9-15)28(25,26)27-16(19(23)24)10-6-7-13-20/h3-5,8-9,14,16,18H,6-7,10-13,20H2,1-2H3,(H,21,22)(H,23,24)(H,25,26)/t16-,18-/m1/s1. The third-order valence-electron chi connectivity index (χ3n) is 4.25. The van der Waals surface area contributed by atoms with E-state index in [4.69, 9.17) is 10.3 Å². The lowest BCUT2D eigenvalue weighted by Crippen LogP contribution is -2.40. The molecule has 0 saturated carbocycles. The lowest BCUT2D eigenvalue weighted by molar-refractivity contribution is -0.145. The van der Waals surface area contributed by atoms with Gasteiger partial charge >= 0.3 is 13.6 Å². The molecule has 28 heavy (non-hydrogen) atoms. The number of nitrogens with two attached hydrogens (primary N) is 1. The Labute approximate surface area is 166 Å². The number of nitrogens with one attached hydrogen (secondary N) is 1. The summed E-state index contributed by atoms with van der Waals surface area (Å²) in [6.45, 7) is 3.73. The fraction of sp³-hybridized carbons (Fsp3) is 0.579. The van der Waals surface area contributed by atoms with Crippen LogP contribution in [-0.2, 0) is 25.1 Å². The maximum Gasteiger partial charge on any atom is 0.351 e. The molecule has 0 radical (unpaired) electrons. The molecule has 9 heteroatoms. The second-order valence-corrected chi connectivity index (χ2v) is 8.92. The van der Waals surface area contributed by atoms with Crippen molar-refractivity contribution in [1.82, 2.24) is 5.32 Å². The molecule has 1 unspecified atom stereocenters. The van der Waals surface area contributed by atoms with Gasteiger partial charge in [0.15, 0.2) is 6.10 Å². The Hall–Kier alpha value is -1.73. The van der Waals surface area contributed by atoms with Gasteiger partial charge in [-0.2, -0.15) is 0 Å². The number of carboxylic acids is 1. The number of aliphatic carboxylic acids is 1. The summed E-state index contributed by atoms with van der Waals surface area (Å²) in [5.74, 6) is -3.32. The van der Waals surface area contributed by atoms with Gasteiger partial charge in [-0.1, -0.05) is 44.2 Å². The number of benzene rings is 1. The quantitative estimate of drug-likeness (QED) is 0.287. The molecule has 0 bridgehead atoms. The van der Waals surface area contributed by atoms with Gasteiger partial charge in [0.1, 0.15) is 5.78 Å². The number of hydrogen-bond acceptors (Lipinski definition) is 5. The maximum absolute atomic E-state index is 12.7. The molecular formula is C19H31N2O6P. The van der Waals surface area contributed by atoms with Crippen molar-refractivity contribution in [2.75, 3.05) is 6.54 Å². The average molecular weight is 414 g/mol. The summed E-state index contributed by atoms with van der Waals surface area (Å²) in [6, 6.07) is 9.41. The van der Waals surface area contributed by atoms with E-state index in [0.29, 0.717) is 25.8 Å². The summed E-state index contributed by atoms with van der Waals surface area (Å²) >= 11 is 0. The number of unbranched alkanes of at least 4 members (excludes halogenated alkanes) is 1. The molecule has 0 aromatic heterocycles. The smallest absolute Gasteiger partial charge is 0.351 e. The molecule has 158 valence electrons. The Balaban J connectivity index is 2.73. The largest absolute Gasteiger partial charge is 0.479 e. The van der Waals surface area contributed by atoms with E-state index in [1.54, 1.807) is 13.8 Å². The van der Waals surface area contributed by atoms with Gasteiger partial charge < -0.3 is 21.1 Å². The van der Waals surface area contributed by atoms with Crippen molar-refractivity contribution in [3.05, 3.63) is 35.9 Å². The molecule has 1 aromatic rings. The molecule has 1 amide bonds. The fourth-order valence-corrected chi connectivity index (χ4v) is 4.46. The monoisotopic (exact) mass is 414 g/mol. The highest BCUT2D eigenvalue weighted by Crippen LogP contribution is 2.50. The first-order chi connectivity index (χ1) is 13.2. The van der Waals surface area contributed by atoms with E-state index in [2.05, 4.69) is 5.32 Å². The Morgan fingerprint density at radius 3 is 2.39 bits per heavy atom. The number of hydrogen-bond donors (Lipinski definition) is 4. The van der Waals surface area contributed by atoms with Crippen molar-refractivity contribution >= 4 is 19.5 Å². The topological polar surface area (TPSA) is 139 Å². The van der Waals surface area contributed by atoms with Crippen molar-refractivity contribution in [2.24, 2.45) is 11.7 Å². The first-order valence-electron chi connectivity index (χ1n) is 9.44. The van der Waals surface area contributed by atoms with Crippen LogP contribution in [0.1, 0.15) is 45.1 Å². The van der Waals surface area contributed by atoms with Gasteiger partial charge in [-0.25, -0.2) is 4.79 Å². The van der Waals surface area contributed by atoms with E-state index in [1.165, 1.54) is 0 Å². The minimum atomic E-state index is -4.41. The molecule has 0 heterocycles. The normalized spacial score (nSPS) is 15.6. The van der Waals surface area contributed by atoms with Crippen molar-refractivity contribution < 1.29 is 28.7 Å². The first-order valence-corrected chi connectivity index (χ1v) is 11.1. The molecule has 8 nitrogen and oxygen atoms in total. The number of amides is 1. The zero-order valence-corrected chi connectivity index (χ0v) is 17.3. The summed E-state index contributed by atoms with van der Waals surface area (Å²) in [4.78, 5) is 34.0. The van der Waals surface area contributed by atoms with Crippen molar-refractivity contribution in [3.63, 3.8) is 0 Å². The van der Waals surface area contributed by atoms with E-state index >= 15 is 0 Å². The molecular weight excluding hydrogens is 383 g/mol. The van der Waals surface area contributed by atoms with E-state index in [-0.39, 0.29) is 12.8 Å². The predicted molar refractivity (Wildman–Crippen MR) is 107 cm³/mol. The second-order valence-electron chi connectivity index (χ2n) is 7.02. The van der Waals surface area contributed by atoms with Gasteiger partial charge in [-0.15, -0.1) is 0 Å². The van der Waals surface area contributed by atoms with E-state index in [9.17, 15) is 24.2 Å². The van der Waals surface area contributed by atoms with Crippen LogP contribution in [0.15, 0.2) is 30.3 Å². The molecule has 1 rings (SSSR count). The molecule has 0 aliphatic carbocycles. The van der Waals surface area contributed by atoms with E-state index in [1.807, 2.05) is 30.3 Å². The average Bonchev–Trinajstić information content (AvgIpc) is 2.64. The number of aryl methyl sites for hydroxylation is 1. The first kappa shape index (κ1) is 24.3. The van der Waals surface area contributed by atoms with Gasteiger partial charge in [0.05, 0.1) is 0 Å². The molecule has 0 spiro atoms. The minimum Gasteiger partial charge on any atom is -0.479 e. The van der Waals surface area contributed by atoms with Crippen LogP contribution < -0.4 is 11.1 Å². The summed E-state index contributed by atoms with van der Waals surface area (Å²) < 4.78 is 17.8. The van der Waals surface area contributed by atoms with Crippen LogP contribution in [0.3, 0.4) is 0 Å². The van der Waals surface area contributed by atoms with Gasteiger partial charge in [0.25, 0.3) is 0 Å². The van der Waals surface area contributed by atoms with Crippen LogP contribution in [0.4, 0.5) is 0 Å². The summed E-state index contributed by atoms with van der Waals surface area (Å²) in [5, 5.41) is 11.8. The number of carbonyl (C=O) groups excluding carboxylic acids is 1. The molecule has 3 atom stereocenters. The van der Waals surface area contributed by atoms with Crippen molar-refractivity contribution in [1.29, 1.82) is 0 Å². The van der Waals surface area contributed by atoms with Gasteiger partial charge in [-0.05, 0) is 43.7 Å². The van der Waals surface area contributed by atoms with E-state index < -0.39 is 37.3 Å². The van der Waals surface area contributed by atoms with Crippen LogP contribution in [0.5, 0.6) is 0 Å². The second kappa shape index (κ2) is 12.0. The lowest BCUT2D eigenvalue weighted by atomic mass is 10.1. The Bertz CT molecular complexity index is 668. The highest BCUT2D eigenvalue weighted by Gasteiger charge is 2.40. The number of carbonyl (C=O) groups is 2. The highest BCUT2D eigenvalue weighted by atomic mass is 31.2. The Morgan fingerprint density at radius 2 is 1.86 bits per heavy atom. The van der Waals surface area contributed by atoms with Crippen LogP contribution in [0, 0.1) is 5.92 Å². The van der Waals surface area contributed by atoms with Crippen LogP contribution in [-0.4, -0.2) is 40.3 Å². The SMILES string of the molecule is CC(C)[C@H](NC(=O)CCc1ccccc1)P(=O)(O)O[C@H](CCCCN)C(=O)O. The highest BCUT2D eigenvalue weighted by molar-refractivity contribution is 7.53. The van der Waals surface area contributed by atoms with Crippen molar-refractivity contribution in [2.45, 2.75) is 57.8 Å². The zero-order valence-electron chi connectivity index (χ0n) is 16.4. The Kier molecular flexibility index (Phi) is 10.4. The van der Waals surface area contributed by atoms with Gasteiger partial charge in [0.2, 0.25) is 5.91 Å². The van der Waals surface area contributed by atoms with Crippen molar-refractivity contribution in [3.8, 4) is 0 Å². The molecule has 0 fully saturated rings. The molecule has 1 aromatic carbocycles. The summed E-state index contributed by atoms with van der Waals surface area (Å²) in [5.41, 5.74) is 6.37. The zero-order chi connectivity index (χ0) is 21.2. The molecule has 0 saturated heterocycles. The Morgan fingerprint density at radius 1 is 1.21 bits per heavy atom. The maximum atomic E-state index is 12.7. The minimum absolute atomic E-state index is 0.0733. The van der Waals surface area contributed by atoms with E-state index in [0.717, 1.165) is 5.56 Å². The molecule has 0 aliphatic heterocycles. The summed E-state index contributed by atoms with van der Waals surface area (Å²) in [6.07, 6.45) is 0.335. The van der Waals surface area contributed by atoms with Gasteiger partial charge in [0, 0.05) is 6.42 Å². The molecule has 5 N–H and O–H groups in total. The molecule has 0 aliphatic rings. The third kappa shape index (κ3) is 8.52. The fourth-order valence-electron chi connectivity index (χ4n) is 2.71. The van der Waals surface area contributed by atoms with Crippen LogP contribution >= 0.6 is 7.60 Å². The number of rotatable bonds is 13. The lowest BCUT2D eigenvalue weighted by Gasteiger charge is -2.28. The number of carboxylic acid groups (broad SMARTS) is 1.